The van der Waals surface area contributed by atoms with Crippen LogP contribution in [0.4, 0.5) is 17.3 Å². The molecule has 1 aromatic carbocycles. The summed E-state index contributed by atoms with van der Waals surface area (Å²) in [5.74, 6) is 2.86. The molecule has 21 heavy (non-hydrogen) atoms. The Morgan fingerprint density at radius 1 is 1.14 bits per heavy atom. The van der Waals surface area contributed by atoms with Crippen molar-refractivity contribution in [1.29, 1.82) is 0 Å². The first-order valence-electron chi connectivity index (χ1n) is 7.24. The van der Waals surface area contributed by atoms with Crippen LogP contribution in [0.2, 0.25) is 0 Å². The average Bonchev–Trinajstić information content (AvgIpc) is 2.47. The summed E-state index contributed by atoms with van der Waals surface area (Å²) in [4.78, 5) is 9.18. The van der Waals surface area contributed by atoms with Gasteiger partial charge in [-0.05, 0) is 41.1 Å². The van der Waals surface area contributed by atoms with Crippen LogP contribution in [0.3, 0.4) is 0 Å². The topological polar surface area (TPSA) is 49.8 Å². The Hall–Kier alpha value is -1.37. The molecule has 0 fully saturated rings. The van der Waals surface area contributed by atoms with E-state index in [1.165, 1.54) is 3.57 Å². The molecule has 0 amide bonds. The van der Waals surface area contributed by atoms with E-state index in [9.17, 15) is 0 Å². The van der Waals surface area contributed by atoms with Gasteiger partial charge in [0.25, 0.3) is 0 Å². The fourth-order valence-corrected chi connectivity index (χ4v) is 2.35. The van der Waals surface area contributed by atoms with Gasteiger partial charge in [-0.1, -0.05) is 32.9 Å². The van der Waals surface area contributed by atoms with Crippen LogP contribution in [0.25, 0.3) is 0 Å². The van der Waals surface area contributed by atoms with Crippen molar-refractivity contribution in [3.8, 4) is 0 Å². The summed E-state index contributed by atoms with van der Waals surface area (Å²) in [5.41, 5.74) is 1.06. The van der Waals surface area contributed by atoms with Crippen molar-refractivity contribution in [1.82, 2.24) is 9.97 Å². The van der Waals surface area contributed by atoms with Crippen LogP contribution in [0.15, 0.2) is 30.3 Å². The number of halogens is 1. The number of para-hydroxylation sites is 1. The Labute approximate surface area is 139 Å². The third-order valence-corrected chi connectivity index (χ3v) is 3.89. The lowest BCUT2D eigenvalue weighted by Gasteiger charge is -2.13. The van der Waals surface area contributed by atoms with Gasteiger partial charge >= 0.3 is 0 Å². The van der Waals surface area contributed by atoms with Gasteiger partial charge in [0.05, 0.1) is 5.69 Å². The van der Waals surface area contributed by atoms with E-state index in [1.807, 2.05) is 18.2 Å². The first-order chi connectivity index (χ1) is 10.1. The minimum Gasteiger partial charge on any atom is -0.370 e. The molecule has 5 heteroatoms. The summed E-state index contributed by atoms with van der Waals surface area (Å²) in [6.07, 6.45) is 1.07. The van der Waals surface area contributed by atoms with Crippen LogP contribution in [-0.4, -0.2) is 16.5 Å². The number of nitrogens with zero attached hydrogens (tertiary/aromatic N) is 2. The summed E-state index contributed by atoms with van der Waals surface area (Å²) in [7, 11) is 0. The third kappa shape index (κ3) is 4.56. The maximum Gasteiger partial charge on any atom is 0.136 e. The van der Waals surface area contributed by atoms with Gasteiger partial charge < -0.3 is 10.6 Å². The molecule has 0 aliphatic heterocycles. The normalized spacial score (nSPS) is 10.7. The van der Waals surface area contributed by atoms with Crippen LogP contribution in [0.1, 0.15) is 38.9 Å². The van der Waals surface area contributed by atoms with Crippen molar-refractivity contribution in [2.75, 3.05) is 17.2 Å². The van der Waals surface area contributed by atoms with E-state index in [2.05, 4.69) is 76.1 Å². The molecule has 4 nitrogen and oxygen atoms in total. The maximum atomic E-state index is 4.61. The Morgan fingerprint density at radius 3 is 2.52 bits per heavy atom. The Bertz CT molecular complexity index is 599. The molecule has 0 atom stereocenters. The van der Waals surface area contributed by atoms with E-state index in [0.717, 1.165) is 36.1 Å². The predicted molar refractivity (Wildman–Crippen MR) is 97.3 cm³/mol. The number of hydrogen-bond donors (Lipinski definition) is 2. The van der Waals surface area contributed by atoms with Gasteiger partial charge in [0.2, 0.25) is 0 Å². The Kier molecular flexibility index (Phi) is 5.78. The summed E-state index contributed by atoms with van der Waals surface area (Å²) in [6, 6.07) is 10.1. The van der Waals surface area contributed by atoms with E-state index >= 15 is 0 Å². The van der Waals surface area contributed by atoms with Gasteiger partial charge in [-0.3, -0.25) is 0 Å². The van der Waals surface area contributed by atoms with E-state index in [1.54, 1.807) is 0 Å². The molecule has 1 aromatic heterocycles. The van der Waals surface area contributed by atoms with Crippen molar-refractivity contribution in [2.24, 2.45) is 0 Å². The van der Waals surface area contributed by atoms with E-state index in [-0.39, 0.29) is 0 Å². The van der Waals surface area contributed by atoms with Crippen LogP contribution in [0.5, 0.6) is 0 Å². The molecule has 0 spiro atoms. The van der Waals surface area contributed by atoms with Gasteiger partial charge in [0, 0.05) is 22.1 Å². The average molecular weight is 396 g/mol. The highest BCUT2D eigenvalue weighted by Gasteiger charge is 2.09. The van der Waals surface area contributed by atoms with Gasteiger partial charge in [-0.2, -0.15) is 0 Å². The largest absolute Gasteiger partial charge is 0.370 e. The SMILES string of the molecule is CCCNc1cc(Nc2ccccc2I)nc(C(C)C)n1. The Balaban J connectivity index is 2.29. The first-order valence-corrected chi connectivity index (χ1v) is 8.32. The molecule has 0 unspecified atom stereocenters. The molecule has 0 radical (unpaired) electrons. The molecule has 2 rings (SSSR count). The van der Waals surface area contributed by atoms with Gasteiger partial charge in [0.1, 0.15) is 17.5 Å². The number of benzene rings is 1. The first kappa shape index (κ1) is 16.0. The van der Waals surface area contributed by atoms with E-state index in [4.69, 9.17) is 0 Å². The summed E-state index contributed by atoms with van der Waals surface area (Å²) < 4.78 is 1.17. The van der Waals surface area contributed by atoms with Crippen molar-refractivity contribution in [2.45, 2.75) is 33.1 Å². The van der Waals surface area contributed by atoms with Crippen LogP contribution in [0, 0.1) is 3.57 Å². The second-order valence-corrected chi connectivity index (χ2v) is 6.35. The van der Waals surface area contributed by atoms with Crippen LogP contribution >= 0.6 is 22.6 Å². The lowest BCUT2D eigenvalue weighted by Crippen LogP contribution is -2.08. The van der Waals surface area contributed by atoms with Crippen LogP contribution in [-0.2, 0) is 0 Å². The third-order valence-electron chi connectivity index (χ3n) is 2.95. The number of anilines is 3. The number of aromatic nitrogens is 2. The van der Waals surface area contributed by atoms with Gasteiger partial charge in [0.15, 0.2) is 0 Å². The van der Waals surface area contributed by atoms with Crippen molar-refractivity contribution < 1.29 is 0 Å². The molecule has 0 bridgehead atoms. The van der Waals surface area contributed by atoms with Gasteiger partial charge in [-0.15, -0.1) is 0 Å². The van der Waals surface area contributed by atoms with E-state index in [0.29, 0.717) is 5.92 Å². The highest BCUT2D eigenvalue weighted by Crippen LogP contribution is 2.23. The molecule has 0 aliphatic carbocycles. The summed E-state index contributed by atoms with van der Waals surface area (Å²) >= 11 is 2.32. The molecule has 2 aromatic rings. The molecular formula is C16H21IN4. The predicted octanol–water partition coefficient (Wildman–Crippen LogP) is 4.77. The second-order valence-electron chi connectivity index (χ2n) is 5.18. The highest BCUT2D eigenvalue weighted by molar-refractivity contribution is 14.1. The van der Waals surface area contributed by atoms with Crippen molar-refractivity contribution >= 4 is 39.9 Å². The molecule has 2 N–H and O–H groups in total. The zero-order chi connectivity index (χ0) is 15.2. The zero-order valence-electron chi connectivity index (χ0n) is 12.7. The minimum atomic E-state index is 0.295. The second kappa shape index (κ2) is 7.59. The fraction of sp³-hybridized carbons (Fsp3) is 0.375. The standard InChI is InChI=1S/C16H21IN4/c1-4-9-18-14-10-15(21-16(20-14)11(2)3)19-13-8-6-5-7-12(13)17/h5-8,10-11H,4,9H2,1-3H3,(H2,18,19,20,21). The minimum absolute atomic E-state index is 0.295. The zero-order valence-corrected chi connectivity index (χ0v) is 14.8. The monoisotopic (exact) mass is 396 g/mol. The molecule has 0 aliphatic rings. The molecule has 0 saturated carbocycles. The maximum absolute atomic E-state index is 4.61. The smallest absolute Gasteiger partial charge is 0.136 e. The lowest BCUT2D eigenvalue weighted by atomic mass is 10.2. The molecular weight excluding hydrogens is 375 g/mol. The van der Waals surface area contributed by atoms with Crippen molar-refractivity contribution in [3.05, 3.63) is 39.7 Å². The summed E-state index contributed by atoms with van der Waals surface area (Å²) in [6.45, 7) is 7.27. The Morgan fingerprint density at radius 2 is 1.86 bits per heavy atom. The summed E-state index contributed by atoms with van der Waals surface area (Å²) in [5, 5.41) is 6.72. The highest BCUT2D eigenvalue weighted by atomic mass is 127. The number of hydrogen-bond acceptors (Lipinski definition) is 4. The molecule has 112 valence electrons. The van der Waals surface area contributed by atoms with Crippen molar-refractivity contribution in [3.63, 3.8) is 0 Å². The number of nitrogens with one attached hydrogen (secondary N) is 2. The molecule has 1 heterocycles. The lowest BCUT2D eigenvalue weighted by molar-refractivity contribution is 0.775. The quantitative estimate of drug-likeness (QED) is 0.691. The van der Waals surface area contributed by atoms with E-state index < -0.39 is 0 Å². The van der Waals surface area contributed by atoms with Gasteiger partial charge in [-0.25, -0.2) is 9.97 Å². The van der Waals surface area contributed by atoms with Crippen LogP contribution < -0.4 is 10.6 Å². The molecule has 0 saturated heterocycles. The fourth-order valence-electron chi connectivity index (χ4n) is 1.83. The number of rotatable bonds is 6.